The molecule has 7 heteroatoms. The second-order valence-corrected chi connectivity index (χ2v) is 5.32. The summed E-state index contributed by atoms with van der Waals surface area (Å²) in [5.41, 5.74) is 1.68. The lowest BCUT2D eigenvalue weighted by Crippen LogP contribution is -2.01. The van der Waals surface area contributed by atoms with Gasteiger partial charge in [-0.05, 0) is 12.1 Å². The van der Waals surface area contributed by atoms with E-state index in [0.29, 0.717) is 28.9 Å². The fourth-order valence-corrected chi connectivity index (χ4v) is 2.46. The van der Waals surface area contributed by atoms with Gasteiger partial charge in [-0.1, -0.05) is 18.2 Å². The van der Waals surface area contributed by atoms with Crippen molar-refractivity contribution in [3.05, 3.63) is 54.9 Å². The van der Waals surface area contributed by atoms with E-state index in [1.54, 1.807) is 45.9 Å². The van der Waals surface area contributed by atoms with Crippen molar-refractivity contribution in [1.82, 2.24) is 9.97 Å². The number of nitrogens with zero attached hydrogens (tertiary/aromatic N) is 2. The van der Waals surface area contributed by atoms with Crippen LogP contribution in [0.15, 0.2) is 54.9 Å². The topological polar surface area (TPSA) is 77.5 Å². The largest absolute Gasteiger partial charge is 0.493 e. The van der Waals surface area contributed by atoms with Crippen molar-refractivity contribution in [2.75, 3.05) is 32.0 Å². The third-order valence-corrected chi connectivity index (χ3v) is 3.62. The zero-order chi connectivity index (χ0) is 18.4. The van der Waals surface area contributed by atoms with Crippen LogP contribution in [0.25, 0.3) is 0 Å². The maximum atomic E-state index is 5.37. The Labute approximate surface area is 152 Å². The number of methoxy groups -OCH3 is 3. The van der Waals surface area contributed by atoms with Crippen LogP contribution in [0, 0.1) is 0 Å². The molecule has 3 rings (SSSR count). The summed E-state index contributed by atoms with van der Waals surface area (Å²) >= 11 is 0. The molecule has 0 fully saturated rings. The maximum absolute atomic E-state index is 5.37. The van der Waals surface area contributed by atoms with E-state index in [0.717, 1.165) is 11.4 Å². The normalized spacial score (nSPS) is 10.1. The first-order chi connectivity index (χ1) is 12.7. The van der Waals surface area contributed by atoms with E-state index in [9.17, 15) is 0 Å². The summed E-state index contributed by atoms with van der Waals surface area (Å²) in [6.07, 6.45) is 3.30. The van der Waals surface area contributed by atoms with Crippen LogP contribution in [0.2, 0.25) is 0 Å². The van der Waals surface area contributed by atoms with E-state index in [1.165, 1.54) is 0 Å². The lowest BCUT2D eigenvalue weighted by molar-refractivity contribution is 0.324. The lowest BCUT2D eigenvalue weighted by atomic mass is 10.2. The van der Waals surface area contributed by atoms with Crippen LogP contribution in [-0.2, 0) is 0 Å². The van der Waals surface area contributed by atoms with Gasteiger partial charge in [0.05, 0.1) is 33.7 Å². The highest BCUT2D eigenvalue weighted by molar-refractivity contribution is 5.67. The molecular formula is C19H20N4O3. The highest BCUT2D eigenvalue weighted by Crippen LogP contribution is 2.40. The Balaban J connectivity index is 1.84. The van der Waals surface area contributed by atoms with E-state index in [1.807, 2.05) is 30.3 Å². The monoisotopic (exact) mass is 352 g/mol. The van der Waals surface area contributed by atoms with Crippen molar-refractivity contribution in [3.63, 3.8) is 0 Å². The summed E-state index contributed by atoms with van der Waals surface area (Å²) in [7, 11) is 4.72. The number of hydrogen-bond acceptors (Lipinski definition) is 7. The first-order valence-corrected chi connectivity index (χ1v) is 7.94. The van der Waals surface area contributed by atoms with Crippen molar-refractivity contribution in [2.45, 2.75) is 0 Å². The Morgan fingerprint density at radius 3 is 1.85 bits per heavy atom. The standard InChI is InChI=1S/C19H20N4O3/c1-24-15-9-14(10-16(25-2)19(15)26-3)22-18-12-20-11-17(23-18)21-13-7-5-4-6-8-13/h4-12H,1-3H3,(H2,21,22,23). The van der Waals surface area contributed by atoms with E-state index >= 15 is 0 Å². The first kappa shape index (κ1) is 17.3. The highest BCUT2D eigenvalue weighted by Gasteiger charge is 2.13. The second kappa shape index (κ2) is 8.06. The molecular weight excluding hydrogens is 332 g/mol. The molecule has 1 heterocycles. The number of nitrogens with one attached hydrogen (secondary N) is 2. The molecule has 26 heavy (non-hydrogen) atoms. The Morgan fingerprint density at radius 1 is 0.731 bits per heavy atom. The van der Waals surface area contributed by atoms with Gasteiger partial charge in [-0.2, -0.15) is 0 Å². The molecule has 2 aromatic carbocycles. The zero-order valence-corrected chi connectivity index (χ0v) is 14.8. The number of aromatic nitrogens is 2. The molecule has 0 aliphatic carbocycles. The van der Waals surface area contributed by atoms with Gasteiger partial charge < -0.3 is 24.8 Å². The number of anilines is 4. The van der Waals surface area contributed by atoms with Crippen molar-refractivity contribution in [3.8, 4) is 17.2 Å². The van der Waals surface area contributed by atoms with Crippen LogP contribution >= 0.6 is 0 Å². The average molecular weight is 352 g/mol. The lowest BCUT2D eigenvalue weighted by Gasteiger charge is -2.15. The molecule has 0 radical (unpaired) electrons. The molecule has 0 aliphatic rings. The van der Waals surface area contributed by atoms with E-state index in [-0.39, 0.29) is 0 Å². The van der Waals surface area contributed by atoms with Gasteiger partial charge >= 0.3 is 0 Å². The summed E-state index contributed by atoms with van der Waals surface area (Å²) in [6, 6.07) is 13.4. The minimum absolute atomic E-state index is 0.533. The molecule has 0 bridgehead atoms. The Morgan fingerprint density at radius 2 is 1.31 bits per heavy atom. The average Bonchev–Trinajstić information content (AvgIpc) is 2.68. The Bertz CT molecular complexity index is 847. The molecule has 0 unspecified atom stereocenters. The highest BCUT2D eigenvalue weighted by atomic mass is 16.5. The van der Waals surface area contributed by atoms with Gasteiger partial charge in [0.2, 0.25) is 5.75 Å². The first-order valence-electron chi connectivity index (χ1n) is 7.94. The Kier molecular flexibility index (Phi) is 5.38. The van der Waals surface area contributed by atoms with Crippen LogP contribution in [0.5, 0.6) is 17.2 Å². The fraction of sp³-hybridized carbons (Fsp3) is 0.158. The smallest absolute Gasteiger partial charge is 0.203 e. The van der Waals surface area contributed by atoms with Crippen molar-refractivity contribution in [1.29, 1.82) is 0 Å². The fourth-order valence-electron chi connectivity index (χ4n) is 2.46. The van der Waals surface area contributed by atoms with Gasteiger partial charge in [0.15, 0.2) is 23.1 Å². The Hall–Kier alpha value is -3.48. The van der Waals surface area contributed by atoms with E-state index in [2.05, 4.69) is 20.6 Å². The molecule has 0 atom stereocenters. The summed E-state index contributed by atoms with van der Waals surface area (Å²) in [6.45, 7) is 0. The van der Waals surface area contributed by atoms with Gasteiger partial charge in [0, 0.05) is 23.5 Å². The number of hydrogen-bond donors (Lipinski definition) is 2. The van der Waals surface area contributed by atoms with Gasteiger partial charge in [-0.15, -0.1) is 0 Å². The molecule has 2 N–H and O–H groups in total. The number of para-hydroxylation sites is 1. The van der Waals surface area contributed by atoms with Crippen LogP contribution in [0.3, 0.4) is 0 Å². The van der Waals surface area contributed by atoms with Gasteiger partial charge in [-0.25, -0.2) is 4.98 Å². The molecule has 7 nitrogen and oxygen atoms in total. The summed E-state index contributed by atoms with van der Waals surface area (Å²) in [4.78, 5) is 8.74. The summed E-state index contributed by atoms with van der Waals surface area (Å²) in [5, 5.41) is 6.41. The molecule has 134 valence electrons. The molecule has 0 amide bonds. The van der Waals surface area contributed by atoms with Crippen molar-refractivity contribution in [2.24, 2.45) is 0 Å². The summed E-state index contributed by atoms with van der Waals surface area (Å²) < 4.78 is 16.1. The van der Waals surface area contributed by atoms with Crippen LogP contribution < -0.4 is 24.8 Å². The predicted molar refractivity (Wildman–Crippen MR) is 101 cm³/mol. The van der Waals surface area contributed by atoms with Crippen LogP contribution in [0.1, 0.15) is 0 Å². The van der Waals surface area contributed by atoms with E-state index in [4.69, 9.17) is 14.2 Å². The maximum Gasteiger partial charge on any atom is 0.203 e. The quantitative estimate of drug-likeness (QED) is 0.666. The zero-order valence-electron chi connectivity index (χ0n) is 14.8. The van der Waals surface area contributed by atoms with Crippen molar-refractivity contribution >= 4 is 23.0 Å². The number of rotatable bonds is 7. The molecule has 0 aliphatic heterocycles. The van der Waals surface area contributed by atoms with Crippen molar-refractivity contribution < 1.29 is 14.2 Å². The van der Waals surface area contributed by atoms with E-state index < -0.39 is 0 Å². The SMILES string of the molecule is COc1cc(Nc2cncc(Nc3ccccc3)n2)cc(OC)c1OC. The second-order valence-electron chi connectivity index (χ2n) is 5.32. The molecule has 0 spiro atoms. The minimum atomic E-state index is 0.533. The number of benzene rings is 2. The molecule has 0 saturated carbocycles. The summed E-state index contributed by atoms with van der Waals surface area (Å²) in [5.74, 6) is 2.86. The van der Waals surface area contributed by atoms with Gasteiger partial charge in [0.25, 0.3) is 0 Å². The van der Waals surface area contributed by atoms with Crippen LogP contribution in [-0.4, -0.2) is 31.3 Å². The molecule has 3 aromatic rings. The van der Waals surface area contributed by atoms with Crippen LogP contribution in [0.4, 0.5) is 23.0 Å². The molecule has 1 aromatic heterocycles. The minimum Gasteiger partial charge on any atom is -0.493 e. The number of ether oxygens (including phenoxy) is 3. The van der Waals surface area contributed by atoms with Gasteiger partial charge in [0.1, 0.15) is 0 Å². The van der Waals surface area contributed by atoms with Gasteiger partial charge in [-0.3, -0.25) is 4.98 Å². The third kappa shape index (κ3) is 3.94. The molecule has 0 saturated heterocycles. The predicted octanol–water partition coefficient (Wildman–Crippen LogP) is 3.99. The third-order valence-electron chi connectivity index (χ3n) is 3.62.